The number of ether oxygens (including phenoxy) is 1. The lowest BCUT2D eigenvalue weighted by molar-refractivity contribution is -0.129. The zero-order chi connectivity index (χ0) is 12.2. The Kier molecular flexibility index (Phi) is 4.36. The highest BCUT2D eigenvalue weighted by molar-refractivity contribution is 5.81. The van der Waals surface area contributed by atoms with Gasteiger partial charge in [-0.3, -0.25) is 4.79 Å². The van der Waals surface area contributed by atoms with Crippen molar-refractivity contribution in [1.82, 2.24) is 5.32 Å². The van der Waals surface area contributed by atoms with Gasteiger partial charge in [0.1, 0.15) is 0 Å². The lowest BCUT2D eigenvalue weighted by Crippen LogP contribution is -2.45. The summed E-state index contributed by atoms with van der Waals surface area (Å²) in [6.45, 7) is 10.4. The molecule has 1 aliphatic heterocycles. The summed E-state index contributed by atoms with van der Waals surface area (Å²) in [5, 5.41) is 3.07. The summed E-state index contributed by atoms with van der Waals surface area (Å²) < 4.78 is 5.54. The topological polar surface area (TPSA) is 38.3 Å². The molecule has 0 aromatic heterocycles. The molecule has 1 atom stereocenters. The first-order valence-electron chi connectivity index (χ1n) is 6.26. The fraction of sp³-hybridized carbons (Fsp3) is 0.923. The Balaban J connectivity index is 2.48. The van der Waals surface area contributed by atoms with E-state index in [1.807, 2.05) is 20.8 Å². The van der Waals surface area contributed by atoms with E-state index in [2.05, 4.69) is 12.2 Å². The second-order valence-corrected chi connectivity index (χ2v) is 5.94. The van der Waals surface area contributed by atoms with Crippen molar-refractivity contribution in [3.05, 3.63) is 0 Å². The Morgan fingerprint density at radius 1 is 1.44 bits per heavy atom. The zero-order valence-corrected chi connectivity index (χ0v) is 11.1. The van der Waals surface area contributed by atoms with E-state index in [-0.39, 0.29) is 16.7 Å². The zero-order valence-electron chi connectivity index (χ0n) is 11.1. The van der Waals surface area contributed by atoms with E-state index >= 15 is 0 Å². The van der Waals surface area contributed by atoms with Gasteiger partial charge in [-0.1, -0.05) is 27.7 Å². The summed E-state index contributed by atoms with van der Waals surface area (Å²) >= 11 is 0. The molecule has 1 saturated heterocycles. The highest BCUT2D eigenvalue weighted by Crippen LogP contribution is 2.31. The summed E-state index contributed by atoms with van der Waals surface area (Å²) in [5.74, 6) is 0.130. The summed E-state index contributed by atoms with van der Waals surface area (Å²) in [5.41, 5.74) is -0.135. The average Bonchev–Trinajstić information content (AvgIpc) is 2.26. The minimum absolute atomic E-state index is 0.130. The molecule has 1 rings (SSSR count). The van der Waals surface area contributed by atoms with Crippen LogP contribution in [0.25, 0.3) is 0 Å². The van der Waals surface area contributed by atoms with Gasteiger partial charge in [-0.2, -0.15) is 0 Å². The first-order chi connectivity index (χ1) is 7.40. The van der Waals surface area contributed by atoms with Crippen LogP contribution in [0, 0.1) is 10.8 Å². The fourth-order valence-corrected chi connectivity index (χ4v) is 1.99. The quantitative estimate of drug-likeness (QED) is 0.803. The van der Waals surface area contributed by atoms with E-state index in [1.165, 1.54) is 0 Å². The fourth-order valence-electron chi connectivity index (χ4n) is 1.99. The van der Waals surface area contributed by atoms with Gasteiger partial charge in [0.25, 0.3) is 0 Å². The molecule has 3 heteroatoms. The number of rotatable bonds is 3. The number of carbonyl (C=O) groups excluding carboxylic acids is 1. The molecular weight excluding hydrogens is 202 g/mol. The van der Waals surface area contributed by atoms with E-state index in [4.69, 9.17) is 4.74 Å². The first kappa shape index (κ1) is 13.5. The summed E-state index contributed by atoms with van der Waals surface area (Å²) in [4.78, 5) is 11.8. The van der Waals surface area contributed by atoms with E-state index in [0.717, 1.165) is 39.0 Å². The molecule has 1 unspecified atom stereocenters. The molecule has 0 aromatic rings. The molecule has 3 nitrogen and oxygen atoms in total. The van der Waals surface area contributed by atoms with Crippen LogP contribution in [-0.4, -0.2) is 25.7 Å². The lowest BCUT2D eigenvalue weighted by Gasteiger charge is -2.37. The van der Waals surface area contributed by atoms with E-state index in [1.54, 1.807) is 0 Å². The summed E-state index contributed by atoms with van der Waals surface area (Å²) in [6, 6.07) is 0. The number of hydrogen-bond acceptors (Lipinski definition) is 2. The Labute approximate surface area is 98.9 Å². The van der Waals surface area contributed by atoms with Crippen LogP contribution in [0.4, 0.5) is 0 Å². The van der Waals surface area contributed by atoms with Crippen molar-refractivity contribution in [2.45, 2.75) is 47.0 Å². The van der Waals surface area contributed by atoms with Gasteiger partial charge in [-0.15, -0.1) is 0 Å². The van der Waals surface area contributed by atoms with Gasteiger partial charge in [-0.25, -0.2) is 0 Å². The summed E-state index contributed by atoms with van der Waals surface area (Å²) in [6.07, 6.45) is 3.34. The maximum absolute atomic E-state index is 11.8. The van der Waals surface area contributed by atoms with Crippen molar-refractivity contribution in [3.63, 3.8) is 0 Å². The molecule has 0 radical (unpaired) electrons. The maximum Gasteiger partial charge on any atom is 0.225 e. The third kappa shape index (κ3) is 3.48. The molecule has 0 aromatic carbocycles. The second kappa shape index (κ2) is 5.17. The van der Waals surface area contributed by atoms with E-state index in [9.17, 15) is 4.79 Å². The predicted molar refractivity (Wildman–Crippen MR) is 65.2 cm³/mol. The lowest BCUT2D eigenvalue weighted by atomic mass is 9.79. The van der Waals surface area contributed by atoms with Crippen LogP contribution >= 0.6 is 0 Å². The standard InChI is InChI=1S/C13H25NO2/c1-5-13(7-6-8-16-10-13)9-14-11(15)12(2,3)4/h5-10H2,1-4H3,(H,14,15). The number of nitrogens with one attached hydrogen (secondary N) is 1. The SMILES string of the molecule is CCC1(CNC(=O)C(C)(C)C)CCCOC1. The van der Waals surface area contributed by atoms with Gasteiger partial charge in [0.05, 0.1) is 6.61 Å². The second-order valence-electron chi connectivity index (χ2n) is 5.94. The van der Waals surface area contributed by atoms with Crippen molar-refractivity contribution in [3.8, 4) is 0 Å². The van der Waals surface area contributed by atoms with Gasteiger partial charge in [0, 0.05) is 24.0 Å². The normalized spacial score (nSPS) is 26.5. The van der Waals surface area contributed by atoms with E-state index in [0.29, 0.717) is 0 Å². The van der Waals surface area contributed by atoms with Crippen molar-refractivity contribution >= 4 is 5.91 Å². The van der Waals surface area contributed by atoms with Crippen LogP contribution < -0.4 is 5.32 Å². The highest BCUT2D eigenvalue weighted by Gasteiger charge is 2.32. The van der Waals surface area contributed by atoms with Gasteiger partial charge in [0.15, 0.2) is 0 Å². The van der Waals surface area contributed by atoms with E-state index < -0.39 is 0 Å². The van der Waals surface area contributed by atoms with Gasteiger partial charge >= 0.3 is 0 Å². The molecule has 0 bridgehead atoms. The van der Waals surface area contributed by atoms with Gasteiger partial charge < -0.3 is 10.1 Å². The van der Waals surface area contributed by atoms with Gasteiger partial charge in [-0.05, 0) is 19.3 Å². The molecule has 1 fully saturated rings. The van der Waals surface area contributed by atoms with Crippen molar-refractivity contribution in [1.29, 1.82) is 0 Å². The molecule has 1 amide bonds. The largest absolute Gasteiger partial charge is 0.381 e. The Morgan fingerprint density at radius 3 is 2.56 bits per heavy atom. The molecule has 0 aliphatic carbocycles. The predicted octanol–water partition coefficient (Wildman–Crippen LogP) is 2.36. The van der Waals surface area contributed by atoms with Crippen LogP contribution in [-0.2, 0) is 9.53 Å². The van der Waals surface area contributed by atoms with Crippen LogP contribution in [0.15, 0.2) is 0 Å². The Hall–Kier alpha value is -0.570. The number of carbonyl (C=O) groups is 1. The van der Waals surface area contributed by atoms with Crippen LogP contribution in [0.3, 0.4) is 0 Å². The summed E-state index contributed by atoms with van der Waals surface area (Å²) in [7, 11) is 0. The molecule has 1 N–H and O–H groups in total. The molecular formula is C13H25NO2. The van der Waals surface area contributed by atoms with Crippen molar-refractivity contribution < 1.29 is 9.53 Å². The molecule has 1 aliphatic rings. The van der Waals surface area contributed by atoms with Crippen molar-refractivity contribution in [2.75, 3.05) is 19.8 Å². The average molecular weight is 227 g/mol. The third-order valence-electron chi connectivity index (χ3n) is 3.46. The van der Waals surface area contributed by atoms with Gasteiger partial charge in [0.2, 0.25) is 5.91 Å². The monoisotopic (exact) mass is 227 g/mol. The van der Waals surface area contributed by atoms with Crippen molar-refractivity contribution in [2.24, 2.45) is 10.8 Å². The maximum atomic E-state index is 11.8. The minimum atomic E-state index is -0.301. The highest BCUT2D eigenvalue weighted by atomic mass is 16.5. The molecule has 0 spiro atoms. The first-order valence-corrected chi connectivity index (χ1v) is 6.26. The van der Waals surface area contributed by atoms with Crippen LogP contribution in [0.5, 0.6) is 0 Å². The smallest absolute Gasteiger partial charge is 0.225 e. The Bertz CT molecular complexity index is 237. The third-order valence-corrected chi connectivity index (χ3v) is 3.46. The molecule has 16 heavy (non-hydrogen) atoms. The Morgan fingerprint density at radius 2 is 2.12 bits per heavy atom. The number of amides is 1. The van der Waals surface area contributed by atoms with Crippen LogP contribution in [0.1, 0.15) is 47.0 Å². The minimum Gasteiger partial charge on any atom is -0.381 e. The molecule has 94 valence electrons. The number of hydrogen-bond donors (Lipinski definition) is 1. The van der Waals surface area contributed by atoms with Crippen LogP contribution in [0.2, 0.25) is 0 Å². The molecule has 0 saturated carbocycles. The molecule has 1 heterocycles.